The van der Waals surface area contributed by atoms with Crippen LogP contribution in [0.1, 0.15) is 265 Å². The number of hydrogen-bond acceptors (Lipinski definition) is 11. The summed E-state index contributed by atoms with van der Waals surface area (Å²) >= 11 is 0. The monoisotopic (exact) mass is 1160 g/mol. The third-order valence-corrected chi connectivity index (χ3v) is 14.3. The third kappa shape index (κ3) is 47.3. The van der Waals surface area contributed by atoms with Crippen molar-refractivity contribution in [2.75, 3.05) is 13.2 Å². The molecule has 0 saturated carbocycles. The Hall–Kier alpha value is -4.62. The molecule has 12 heteroatoms. The van der Waals surface area contributed by atoms with Gasteiger partial charge in [-0.3, -0.25) is 14.4 Å². The smallest absolute Gasteiger partial charge is 0.335 e. The summed E-state index contributed by atoms with van der Waals surface area (Å²) in [6.07, 6.45) is 66.2. The van der Waals surface area contributed by atoms with Crippen molar-refractivity contribution in [1.29, 1.82) is 0 Å². The number of carboxylic acids is 1. The lowest BCUT2D eigenvalue weighted by molar-refractivity contribution is -0.301. The van der Waals surface area contributed by atoms with Crippen LogP contribution < -0.4 is 0 Å². The van der Waals surface area contributed by atoms with Crippen LogP contribution in [-0.2, 0) is 42.9 Å². The van der Waals surface area contributed by atoms with Gasteiger partial charge in [0, 0.05) is 19.3 Å². The molecule has 6 atom stereocenters. The molecule has 0 spiro atoms. The van der Waals surface area contributed by atoms with Crippen molar-refractivity contribution in [2.24, 2.45) is 0 Å². The van der Waals surface area contributed by atoms with Gasteiger partial charge in [0.05, 0.1) is 6.61 Å². The molecule has 1 heterocycles. The zero-order valence-corrected chi connectivity index (χ0v) is 52.2. The van der Waals surface area contributed by atoms with E-state index in [0.29, 0.717) is 25.7 Å². The van der Waals surface area contributed by atoms with Crippen LogP contribution >= 0.6 is 0 Å². The van der Waals surface area contributed by atoms with E-state index in [0.717, 1.165) is 122 Å². The normalized spacial score (nSPS) is 18.3. The van der Waals surface area contributed by atoms with Gasteiger partial charge < -0.3 is 39.0 Å². The summed E-state index contributed by atoms with van der Waals surface area (Å²) in [6.45, 7) is 5.81. The Kier molecular flexibility index (Phi) is 53.2. The number of aliphatic hydroxyl groups excluding tert-OH is 2. The van der Waals surface area contributed by atoms with Gasteiger partial charge in [0.2, 0.25) is 0 Å². The second-order valence-electron chi connectivity index (χ2n) is 22.0. The van der Waals surface area contributed by atoms with Gasteiger partial charge in [-0.25, -0.2) is 4.79 Å². The Morgan fingerprint density at radius 3 is 1.23 bits per heavy atom. The molecular formula is C71H116O12. The standard InChI is InChI=1S/C71H116O12/c1-4-7-10-13-16-19-22-25-28-31-32-35-38-41-44-47-50-53-56-59-65(74)82-69-67(76)66(75)68(70(77)78)83-71(69)80-61-62(81-64(73)58-55-52-49-46-43-40-37-34-30-27-24-21-18-15-12-9-6-3)60-79-63(72)57-54-51-48-45-42-39-36-33-29-26-23-20-17-14-11-8-5-2/h8,11,16-17,19-20,25-30,32,35-36,39,45,48,62,66-69,71,75-76H,4-7,9-10,12-15,18,21-24,31,33-34,37-38,40-44,46-47,49-61H2,1-3H3,(H,77,78)/b11-8-,19-16-,20-17-,28-25-,29-26-,30-27-,35-32-,39-36-,48-45-. The molecule has 1 saturated heterocycles. The summed E-state index contributed by atoms with van der Waals surface area (Å²) in [6, 6.07) is 0. The lowest BCUT2D eigenvalue weighted by Crippen LogP contribution is -2.61. The van der Waals surface area contributed by atoms with Gasteiger partial charge in [-0.2, -0.15) is 0 Å². The van der Waals surface area contributed by atoms with E-state index in [9.17, 15) is 34.5 Å². The summed E-state index contributed by atoms with van der Waals surface area (Å²) in [7, 11) is 0. The van der Waals surface area contributed by atoms with Gasteiger partial charge >= 0.3 is 23.9 Å². The van der Waals surface area contributed by atoms with E-state index in [1.54, 1.807) is 0 Å². The number of aliphatic carboxylic acids is 1. The zero-order valence-electron chi connectivity index (χ0n) is 52.2. The molecule has 472 valence electrons. The highest BCUT2D eigenvalue weighted by Crippen LogP contribution is 2.26. The molecule has 0 radical (unpaired) electrons. The molecular weight excluding hydrogens is 1040 g/mol. The van der Waals surface area contributed by atoms with Crippen LogP contribution in [0.3, 0.4) is 0 Å². The SMILES string of the molecule is CC/C=C\C/C=C\C/C=C\C/C=C\C/C=C\CCCC(=O)OCC(COC1OC(C(=O)O)C(O)C(O)C1OC(=O)CCCCCCCC/C=C\C/C=C\C/C=C\CCCCC)OC(=O)CCCCCCCCC/C=C\CCCCCCCC. The largest absolute Gasteiger partial charge is 0.479 e. The minimum Gasteiger partial charge on any atom is -0.479 e. The van der Waals surface area contributed by atoms with E-state index in [1.807, 2.05) is 6.08 Å². The number of ether oxygens (including phenoxy) is 5. The molecule has 1 aliphatic heterocycles. The number of allylic oxidation sites excluding steroid dienone is 18. The summed E-state index contributed by atoms with van der Waals surface area (Å²) in [4.78, 5) is 51.3. The molecule has 0 aromatic rings. The fourth-order valence-corrected chi connectivity index (χ4v) is 9.29. The predicted octanol–water partition coefficient (Wildman–Crippen LogP) is 17.8. The van der Waals surface area contributed by atoms with Crippen molar-refractivity contribution in [3.8, 4) is 0 Å². The Morgan fingerprint density at radius 2 is 0.771 bits per heavy atom. The Balaban J connectivity index is 2.71. The van der Waals surface area contributed by atoms with Crippen molar-refractivity contribution in [3.05, 3.63) is 109 Å². The highest BCUT2D eigenvalue weighted by atomic mass is 16.7. The average Bonchev–Trinajstić information content (AvgIpc) is 3.58. The van der Waals surface area contributed by atoms with Crippen molar-refractivity contribution >= 4 is 23.9 Å². The number of esters is 3. The second-order valence-corrected chi connectivity index (χ2v) is 22.0. The first kappa shape index (κ1) is 76.4. The van der Waals surface area contributed by atoms with E-state index in [-0.39, 0.29) is 25.9 Å². The predicted molar refractivity (Wildman–Crippen MR) is 340 cm³/mol. The van der Waals surface area contributed by atoms with Crippen molar-refractivity contribution in [2.45, 2.75) is 302 Å². The molecule has 1 fully saturated rings. The Labute approximate surface area is 504 Å². The zero-order chi connectivity index (χ0) is 60.3. The van der Waals surface area contributed by atoms with E-state index in [1.165, 1.54) is 77.0 Å². The number of aliphatic hydroxyl groups is 2. The van der Waals surface area contributed by atoms with E-state index < -0.39 is 67.3 Å². The molecule has 0 aromatic heterocycles. The lowest BCUT2D eigenvalue weighted by Gasteiger charge is -2.40. The topological polar surface area (TPSA) is 175 Å². The quantitative estimate of drug-likeness (QED) is 0.0228. The number of rotatable bonds is 55. The maximum atomic E-state index is 13.2. The van der Waals surface area contributed by atoms with Crippen LogP contribution in [-0.4, -0.2) is 89.2 Å². The lowest BCUT2D eigenvalue weighted by atomic mass is 9.98. The molecule has 0 aliphatic carbocycles. The number of carboxylic acid groups (broad SMARTS) is 1. The van der Waals surface area contributed by atoms with Crippen molar-refractivity contribution in [3.63, 3.8) is 0 Å². The molecule has 1 aliphatic rings. The van der Waals surface area contributed by atoms with Crippen LogP contribution in [0, 0.1) is 0 Å². The summed E-state index contributed by atoms with van der Waals surface area (Å²) in [5.74, 6) is -3.22. The van der Waals surface area contributed by atoms with Crippen molar-refractivity contribution in [1.82, 2.24) is 0 Å². The molecule has 12 nitrogen and oxygen atoms in total. The van der Waals surface area contributed by atoms with Crippen LogP contribution in [0.4, 0.5) is 0 Å². The fourth-order valence-electron chi connectivity index (χ4n) is 9.29. The first-order valence-corrected chi connectivity index (χ1v) is 32.9. The summed E-state index contributed by atoms with van der Waals surface area (Å²) < 4.78 is 28.5. The Morgan fingerprint density at radius 1 is 0.410 bits per heavy atom. The van der Waals surface area contributed by atoms with E-state index in [4.69, 9.17) is 23.7 Å². The van der Waals surface area contributed by atoms with Gasteiger partial charge in [-0.05, 0) is 122 Å². The van der Waals surface area contributed by atoms with E-state index >= 15 is 0 Å². The number of hydrogen-bond donors (Lipinski definition) is 3. The van der Waals surface area contributed by atoms with Gasteiger partial charge in [-0.1, -0.05) is 233 Å². The van der Waals surface area contributed by atoms with Crippen LogP contribution in [0.25, 0.3) is 0 Å². The van der Waals surface area contributed by atoms with Crippen molar-refractivity contribution < 1.29 is 58.2 Å². The van der Waals surface area contributed by atoms with Crippen LogP contribution in [0.15, 0.2) is 109 Å². The number of unbranched alkanes of at least 4 members (excludes halogenated alkanes) is 23. The number of carbonyl (C=O) groups excluding carboxylic acids is 3. The van der Waals surface area contributed by atoms with Gasteiger partial charge in [0.15, 0.2) is 24.6 Å². The van der Waals surface area contributed by atoms with Gasteiger partial charge in [0.25, 0.3) is 0 Å². The van der Waals surface area contributed by atoms with Crippen LogP contribution in [0.2, 0.25) is 0 Å². The molecule has 0 aromatic carbocycles. The van der Waals surface area contributed by atoms with Gasteiger partial charge in [-0.15, -0.1) is 0 Å². The maximum Gasteiger partial charge on any atom is 0.335 e. The number of carbonyl (C=O) groups is 4. The highest BCUT2D eigenvalue weighted by Gasteiger charge is 2.50. The summed E-state index contributed by atoms with van der Waals surface area (Å²) in [5.41, 5.74) is 0. The minimum absolute atomic E-state index is 0.0353. The molecule has 6 unspecified atom stereocenters. The molecule has 0 bridgehead atoms. The maximum absolute atomic E-state index is 13.2. The first-order chi connectivity index (χ1) is 40.6. The Bertz CT molecular complexity index is 1860. The molecule has 3 N–H and O–H groups in total. The molecule has 83 heavy (non-hydrogen) atoms. The highest BCUT2D eigenvalue weighted by molar-refractivity contribution is 5.74. The van der Waals surface area contributed by atoms with E-state index in [2.05, 4.69) is 124 Å². The first-order valence-electron chi connectivity index (χ1n) is 32.9. The molecule has 1 rings (SSSR count). The van der Waals surface area contributed by atoms with Gasteiger partial charge in [0.1, 0.15) is 18.8 Å². The minimum atomic E-state index is -1.92. The summed E-state index contributed by atoms with van der Waals surface area (Å²) in [5, 5.41) is 31.6. The van der Waals surface area contributed by atoms with Crippen LogP contribution in [0.5, 0.6) is 0 Å². The third-order valence-electron chi connectivity index (χ3n) is 14.3. The second kappa shape index (κ2) is 57.8. The fraction of sp³-hybridized carbons (Fsp3) is 0.690. The average molecular weight is 1160 g/mol. The molecule has 0 amide bonds.